The van der Waals surface area contributed by atoms with Crippen molar-refractivity contribution in [1.29, 1.82) is 0 Å². The van der Waals surface area contributed by atoms with Crippen molar-refractivity contribution in [3.8, 4) is 22.4 Å². The van der Waals surface area contributed by atoms with Crippen LogP contribution in [0.15, 0.2) is 72.8 Å². The zero-order chi connectivity index (χ0) is 31.1. The van der Waals surface area contributed by atoms with Crippen LogP contribution in [0.2, 0.25) is 0 Å². The molecule has 4 nitrogen and oxygen atoms in total. The Bertz CT molecular complexity index is 1590. The van der Waals surface area contributed by atoms with Gasteiger partial charge in [0.1, 0.15) is 0 Å². The normalized spacial score (nSPS) is 12.7. The number of aromatic nitrogens is 2. The number of aliphatic hydroxyl groups is 1. The van der Waals surface area contributed by atoms with Crippen LogP contribution in [-0.2, 0) is 43.2 Å². The maximum atomic E-state index is 11.7. The molecule has 5 rings (SSSR count). The number of hydrogen-bond acceptors (Lipinski definition) is 4. The Labute approximate surface area is 277 Å². The minimum absolute atomic E-state index is 0. The number of aliphatic hydroxyl groups excluding tert-OH is 1. The second-order valence-electron chi connectivity index (χ2n) is 12.6. The third-order valence-corrected chi connectivity index (χ3v) is 8.77. The van der Waals surface area contributed by atoms with Crippen LogP contribution < -0.4 is 0 Å². The van der Waals surface area contributed by atoms with E-state index in [1.807, 2.05) is 46.2 Å². The summed E-state index contributed by atoms with van der Waals surface area (Å²) in [6.45, 7) is 14.9. The van der Waals surface area contributed by atoms with Crippen LogP contribution >= 0.6 is 0 Å². The Kier molecular flexibility index (Phi) is 12.6. The largest absolute Gasteiger partial charge is 0.512 e. The molecule has 235 valence electrons. The molecule has 1 N–H and O–H groups in total. The van der Waals surface area contributed by atoms with Gasteiger partial charge in [-0.2, -0.15) is 0 Å². The SMILES string of the molecule is CC(C)(C)c1cc(-c2nccc3c2CCc2ncccc2-3)[c-]c2ccccc12.CCC(CC)C(=O)/C=C(\O)C(CC)CC.[Ir]. The molecule has 0 aliphatic heterocycles. The molecule has 0 saturated heterocycles. The molecule has 1 aliphatic rings. The van der Waals surface area contributed by atoms with Gasteiger partial charge >= 0.3 is 0 Å². The van der Waals surface area contributed by atoms with Crippen molar-refractivity contribution in [3.63, 3.8) is 0 Å². The van der Waals surface area contributed by atoms with Crippen LogP contribution in [0.1, 0.15) is 91.0 Å². The van der Waals surface area contributed by atoms with Crippen molar-refractivity contribution in [1.82, 2.24) is 9.97 Å². The number of nitrogens with zero attached hydrogens (tertiary/aromatic N) is 2. The summed E-state index contributed by atoms with van der Waals surface area (Å²) in [5.41, 5.74) is 8.54. The van der Waals surface area contributed by atoms with Gasteiger partial charge in [0, 0.05) is 67.4 Å². The van der Waals surface area contributed by atoms with Crippen molar-refractivity contribution in [2.24, 2.45) is 11.8 Å². The zero-order valence-corrected chi connectivity index (χ0v) is 29.7. The van der Waals surface area contributed by atoms with Crippen LogP contribution in [0.25, 0.3) is 33.2 Å². The molecular formula is C39H47IrN2O2-. The fraction of sp³-hybridized carbons (Fsp3) is 0.410. The summed E-state index contributed by atoms with van der Waals surface area (Å²) < 4.78 is 0. The van der Waals surface area contributed by atoms with Crippen LogP contribution in [0.5, 0.6) is 0 Å². The zero-order valence-electron chi connectivity index (χ0n) is 27.3. The van der Waals surface area contributed by atoms with Crippen molar-refractivity contribution in [2.45, 2.75) is 92.4 Å². The van der Waals surface area contributed by atoms with E-state index in [1.54, 1.807) is 0 Å². The number of aryl methyl sites for hydroxylation is 1. The van der Waals surface area contributed by atoms with Crippen molar-refractivity contribution >= 4 is 16.6 Å². The van der Waals surface area contributed by atoms with Crippen LogP contribution in [0.4, 0.5) is 0 Å². The summed E-state index contributed by atoms with van der Waals surface area (Å²) in [6, 6.07) is 20.8. The quantitative estimate of drug-likeness (QED) is 0.110. The Morgan fingerprint density at radius 2 is 1.57 bits per heavy atom. The molecule has 0 atom stereocenters. The summed E-state index contributed by atoms with van der Waals surface area (Å²) >= 11 is 0. The van der Waals surface area contributed by atoms with Crippen LogP contribution in [0, 0.1) is 17.9 Å². The first-order valence-electron chi connectivity index (χ1n) is 15.9. The van der Waals surface area contributed by atoms with Gasteiger partial charge in [-0.25, -0.2) is 0 Å². The Balaban J connectivity index is 0.000000286. The number of benzene rings is 2. The van der Waals surface area contributed by atoms with Gasteiger partial charge in [0.25, 0.3) is 0 Å². The number of ketones is 1. The topological polar surface area (TPSA) is 63.1 Å². The Morgan fingerprint density at radius 3 is 2.23 bits per heavy atom. The molecular weight excluding hydrogens is 721 g/mol. The molecule has 1 radical (unpaired) electrons. The number of allylic oxidation sites excluding steroid dienone is 2. The van der Waals surface area contributed by atoms with E-state index < -0.39 is 0 Å². The number of carbonyl (C=O) groups excluding carboxylic acids is 1. The van der Waals surface area contributed by atoms with Crippen molar-refractivity contribution in [2.75, 3.05) is 0 Å². The van der Waals surface area contributed by atoms with Crippen molar-refractivity contribution < 1.29 is 30.0 Å². The van der Waals surface area contributed by atoms with E-state index in [0.29, 0.717) is 0 Å². The monoisotopic (exact) mass is 768 g/mol. The number of carbonyl (C=O) groups is 1. The van der Waals surface area contributed by atoms with Crippen LogP contribution in [0.3, 0.4) is 0 Å². The number of pyridine rings is 2. The fourth-order valence-electron chi connectivity index (χ4n) is 6.11. The molecule has 0 bridgehead atoms. The minimum Gasteiger partial charge on any atom is -0.512 e. The van der Waals surface area contributed by atoms with E-state index in [1.165, 1.54) is 39.4 Å². The van der Waals surface area contributed by atoms with Gasteiger partial charge in [-0.15, -0.1) is 29.1 Å². The Morgan fingerprint density at radius 1 is 0.886 bits per heavy atom. The number of fused-ring (bicyclic) bond motifs is 4. The Hall–Kier alpha value is -3.14. The first-order chi connectivity index (χ1) is 20.6. The van der Waals surface area contributed by atoms with Gasteiger partial charge in [0.15, 0.2) is 5.78 Å². The van der Waals surface area contributed by atoms with Gasteiger partial charge < -0.3 is 5.11 Å². The summed E-state index contributed by atoms with van der Waals surface area (Å²) in [6.07, 6.45) is 10.6. The molecule has 2 aromatic carbocycles. The number of rotatable bonds is 8. The van der Waals surface area contributed by atoms with E-state index in [4.69, 9.17) is 4.98 Å². The van der Waals surface area contributed by atoms with Gasteiger partial charge in [-0.1, -0.05) is 83.7 Å². The molecule has 0 spiro atoms. The molecule has 2 aromatic heterocycles. The first kappa shape index (κ1) is 35.3. The molecule has 1 aliphatic carbocycles. The average molecular weight is 768 g/mol. The molecule has 0 amide bonds. The molecule has 0 saturated carbocycles. The second kappa shape index (κ2) is 15.7. The summed E-state index contributed by atoms with van der Waals surface area (Å²) in [4.78, 5) is 21.1. The summed E-state index contributed by atoms with van der Waals surface area (Å²) in [7, 11) is 0. The van der Waals surface area contributed by atoms with E-state index in [0.717, 1.165) is 55.2 Å². The standard InChI is InChI=1S/C26H23N2.C13H24O2.Ir/c1-26(2,3)23-16-18(15-17-7-4-5-8-19(17)23)25-22-10-11-24-21(9-6-13-27-24)20(22)12-14-28-25;1-5-10(6-2)12(14)9-13(15)11(7-3)8-4;/h4-9,12-14,16H,10-11H2,1-3H3;9-11,14H,5-8H2,1-4H3;/q-1;;/b;12-9-;. The van der Waals surface area contributed by atoms with Gasteiger partial charge in [0.2, 0.25) is 0 Å². The van der Waals surface area contributed by atoms with E-state index in [9.17, 15) is 9.90 Å². The predicted octanol–water partition coefficient (Wildman–Crippen LogP) is 10.0. The van der Waals surface area contributed by atoms with Gasteiger partial charge in [-0.05, 0) is 67.2 Å². The summed E-state index contributed by atoms with van der Waals surface area (Å²) in [5, 5.41) is 12.2. The third kappa shape index (κ3) is 7.92. The molecule has 5 heteroatoms. The van der Waals surface area contributed by atoms with E-state index in [-0.39, 0.29) is 48.9 Å². The predicted molar refractivity (Wildman–Crippen MR) is 179 cm³/mol. The first-order valence-corrected chi connectivity index (χ1v) is 15.9. The molecule has 2 heterocycles. The number of hydrogen-bond donors (Lipinski definition) is 1. The molecule has 0 unspecified atom stereocenters. The average Bonchev–Trinajstić information content (AvgIpc) is 3.01. The fourth-order valence-corrected chi connectivity index (χ4v) is 6.11. The smallest absolute Gasteiger partial charge is 0.162 e. The van der Waals surface area contributed by atoms with Gasteiger partial charge in [-0.3, -0.25) is 14.8 Å². The van der Waals surface area contributed by atoms with E-state index in [2.05, 4.69) is 74.3 Å². The summed E-state index contributed by atoms with van der Waals surface area (Å²) in [5.74, 6) is 0.547. The molecule has 0 fully saturated rings. The maximum Gasteiger partial charge on any atom is 0.162 e. The van der Waals surface area contributed by atoms with E-state index >= 15 is 0 Å². The van der Waals surface area contributed by atoms with Gasteiger partial charge in [0.05, 0.1) is 5.76 Å². The third-order valence-electron chi connectivity index (χ3n) is 8.77. The molecule has 44 heavy (non-hydrogen) atoms. The maximum absolute atomic E-state index is 11.7. The second-order valence-corrected chi connectivity index (χ2v) is 12.6. The molecule has 4 aromatic rings. The van der Waals surface area contributed by atoms with Crippen LogP contribution in [-0.4, -0.2) is 20.9 Å². The van der Waals surface area contributed by atoms with Crippen molar-refractivity contribution in [3.05, 3.63) is 95.6 Å². The minimum atomic E-state index is 0.